The van der Waals surface area contributed by atoms with Crippen molar-refractivity contribution < 1.29 is 0 Å². The summed E-state index contributed by atoms with van der Waals surface area (Å²) >= 11 is 5.84. The van der Waals surface area contributed by atoms with E-state index < -0.39 is 0 Å². The first-order valence-electron chi connectivity index (χ1n) is 5.02. The Morgan fingerprint density at radius 3 is 2.06 bits per heavy atom. The van der Waals surface area contributed by atoms with Gasteiger partial charge >= 0.3 is 0 Å². The van der Waals surface area contributed by atoms with Crippen molar-refractivity contribution in [2.24, 2.45) is 5.73 Å². The van der Waals surface area contributed by atoms with E-state index in [4.69, 9.17) is 17.3 Å². The molecule has 0 spiro atoms. The van der Waals surface area contributed by atoms with Crippen LogP contribution in [0.1, 0.15) is 12.8 Å². The molecule has 1 aliphatic rings. The molecule has 92 valence electrons. The van der Waals surface area contributed by atoms with Crippen molar-refractivity contribution in [2.75, 3.05) is 18.0 Å². The maximum atomic E-state index is 5.85. The Kier molecular flexibility index (Phi) is 7.16. The predicted molar refractivity (Wildman–Crippen MR) is 75.4 cm³/mol. The maximum Gasteiger partial charge on any atom is 0.0407 e. The predicted octanol–water partition coefficient (Wildman–Crippen LogP) is 3.11. The van der Waals surface area contributed by atoms with Crippen LogP contribution in [0.25, 0.3) is 0 Å². The molecule has 1 aliphatic heterocycles. The summed E-state index contributed by atoms with van der Waals surface area (Å²) in [4.78, 5) is 2.36. The fourth-order valence-corrected chi connectivity index (χ4v) is 1.94. The van der Waals surface area contributed by atoms with Crippen LogP contribution in [-0.4, -0.2) is 19.1 Å². The van der Waals surface area contributed by atoms with Gasteiger partial charge in [0.05, 0.1) is 0 Å². The number of piperidine rings is 1. The minimum atomic E-state index is 0. The van der Waals surface area contributed by atoms with Crippen LogP contribution in [0.3, 0.4) is 0 Å². The van der Waals surface area contributed by atoms with E-state index in [1.54, 1.807) is 0 Å². The summed E-state index contributed by atoms with van der Waals surface area (Å²) in [6.07, 6.45) is 2.17. The minimum Gasteiger partial charge on any atom is -0.371 e. The minimum absolute atomic E-state index is 0. The zero-order valence-electron chi connectivity index (χ0n) is 8.93. The molecule has 0 aromatic heterocycles. The molecule has 1 fully saturated rings. The average molecular weight is 284 g/mol. The number of anilines is 1. The molecule has 0 aliphatic carbocycles. The van der Waals surface area contributed by atoms with E-state index in [2.05, 4.69) is 17.0 Å². The van der Waals surface area contributed by atoms with E-state index in [-0.39, 0.29) is 24.8 Å². The lowest BCUT2D eigenvalue weighted by Crippen LogP contribution is -2.39. The van der Waals surface area contributed by atoms with Gasteiger partial charge in [-0.1, -0.05) is 11.6 Å². The van der Waals surface area contributed by atoms with Gasteiger partial charge in [-0.15, -0.1) is 24.8 Å². The molecule has 1 saturated heterocycles. The smallest absolute Gasteiger partial charge is 0.0407 e. The van der Waals surface area contributed by atoms with Crippen LogP contribution in [0.15, 0.2) is 24.3 Å². The molecule has 0 unspecified atom stereocenters. The highest BCUT2D eigenvalue weighted by atomic mass is 35.5. The summed E-state index contributed by atoms with van der Waals surface area (Å²) in [5, 5.41) is 0.794. The van der Waals surface area contributed by atoms with Gasteiger partial charge in [0.1, 0.15) is 0 Å². The molecule has 0 atom stereocenters. The molecule has 5 heteroatoms. The zero-order valence-corrected chi connectivity index (χ0v) is 11.3. The number of nitrogens with two attached hydrogens (primary N) is 1. The van der Waals surface area contributed by atoms with Gasteiger partial charge in [-0.2, -0.15) is 0 Å². The molecule has 1 aromatic carbocycles. The van der Waals surface area contributed by atoms with Gasteiger partial charge in [0.15, 0.2) is 0 Å². The lowest BCUT2D eigenvalue weighted by atomic mass is 10.1. The van der Waals surface area contributed by atoms with Gasteiger partial charge in [-0.25, -0.2) is 0 Å². The van der Waals surface area contributed by atoms with Crippen LogP contribution < -0.4 is 10.6 Å². The molecule has 2 nitrogen and oxygen atoms in total. The van der Waals surface area contributed by atoms with Gasteiger partial charge in [0.2, 0.25) is 0 Å². The van der Waals surface area contributed by atoms with Crippen molar-refractivity contribution in [2.45, 2.75) is 18.9 Å². The third kappa shape index (κ3) is 4.02. The Morgan fingerprint density at radius 2 is 1.56 bits per heavy atom. The number of hydrogen-bond donors (Lipinski definition) is 1. The lowest BCUT2D eigenvalue weighted by Gasteiger charge is -2.31. The van der Waals surface area contributed by atoms with Crippen LogP contribution in [0, 0.1) is 0 Å². The molecule has 0 bridgehead atoms. The first kappa shape index (κ1) is 15.9. The Morgan fingerprint density at radius 1 is 1.06 bits per heavy atom. The fraction of sp³-hybridized carbons (Fsp3) is 0.455. The lowest BCUT2D eigenvalue weighted by molar-refractivity contribution is 0.501. The van der Waals surface area contributed by atoms with Gasteiger partial charge < -0.3 is 10.6 Å². The second kappa shape index (κ2) is 7.23. The summed E-state index contributed by atoms with van der Waals surface area (Å²) in [6, 6.07) is 8.40. The van der Waals surface area contributed by atoms with Crippen LogP contribution in [0.4, 0.5) is 5.69 Å². The normalized spacial score (nSPS) is 16.2. The molecular formula is C11H17Cl3N2. The van der Waals surface area contributed by atoms with Crippen molar-refractivity contribution >= 4 is 42.1 Å². The van der Waals surface area contributed by atoms with Gasteiger partial charge in [0, 0.05) is 29.8 Å². The van der Waals surface area contributed by atoms with E-state index in [0.717, 1.165) is 31.0 Å². The van der Waals surface area contributed by atoms with E-state index >= 15 is 0 Å². The van der Waals surface area contributed by atoms with Crippen LogP contribution in [-0.2, 0) is 0 Å². The summed E-state index contributed by atoms with van der Waals surface area (Å²) in [6.45, 7) is 2.12. The van der Waals surface area contributed by atoms with Gasteiger partial charge in [-0.3, -0.25) is 0 Å². The van der Waals surface area contributed by atoms with Gasteiger partial charge in [-0.05, 0) is 37.1 Å². The topological polar surface area (TPSA) is 29.3 Å². The molecule has 1 heterocycles. The summed E-state index contributed by atoms with van der Waals surface area (Å²) in [5.74, 6) is 0. The Balaban J connectivity index is 0.00000112. The molecule has 0 radical (unpaired) electrons. The average Bonchev–Trinajstić information content (AvgIpc) is 2.21. The third-order valence-corrected chi connectivity index (χ3v) is 2.98. The molecule has 2 rings (SSSR count). The number of hydrogen-bond acceptors (Lipinski definition) is 2. The van der Waals surface area contributed by atoms with Crippen LogP contribution >= 0.6 is 36.4 Å². The largest absolute Gasteiger partial charge is 0.371 e. The summed E-state index contributed by atoms with van der Waals surface area (Å²) in [5.41, 5.74) is 7.10. The fourth-order valence-electron chi connectivity index (χ4n) is 1.81. The molecule has 1 aromatic rings. The highest BCUT2D eigenvalue weighted by Crippen LogP contribution is 2.21. The Bertz CT molecular complexity index is 295. The van der Waals surface area contributed by atoms with Crippen molar-refractivity contribution in [3.8, 4) is 0 Å². The van der Waals surface area contributed by atoms with Crippen molar-refractivity contribution in [1.29, 1.82) is 0 Å². The van der Waals surface area contributed by atoms with E-state index in [1.165, 1.54) is 5.69 Å². The SMILES string of the molecule is Cl.Cl.NC1CCN(c2ccc(Cl)cc2)CC1. The van der Waals surface area contributed by atoms with E-state index in [1.807, 2.05) is 12.1 Å². The van der Waals surface area contributed by atoms with Gasteiger partial charge in [0.25, 0.3) is 0 Å². The van der Waals surface area contributed by atoms with Crippen molar-refractivity contribution in [3.63, 3.8) is 0 Å². The molecule has 2 N–H and O–H groups in total. The second-order valence-electron chi connectivity index (χ2n) is 3.80. The second-order valence-corrected chi connectivity index (χ2v) is 4.24. The number of benzene rings is 1. The summed E-state index contributed by atoms with van der Waals surface area (Å²) < 4.78 is 0. The molecular weight excluding hydrogens is 266 g/mol. The Labute approximate surface area is 114 Å². The van der Waals surface area contributed by atoms with E-state index in [9.17, 15) is 0 Å². The quantitative estimate of drug-likeness (QED) is 0.858. The first-order valence-corrected chi connectivity index (χ1v) is 5.39. The molecule has 16 heavy (non-hydrogen) atoms. The standard InChI is InChI=1S/C11H15ClN2.2ClH/c12-9-1-3-11(4-2-9)14-7-5-10(13)6-8-14;;/h1-4,10H,5-8,13H2;2*1H. The van der Waals surface area contributed by atoms with Crippen LogP contribution in [0.5, 0.6) is 0 Å². The highest BCUT2D eigenvalue weighted by Gasteiger charge is 2.15. The number of halogens is 3. The molecule has 0 saturated carbocycles. The first-order chi connectivity index (χ1) is 6.75. The monoisotopic (exact) mass is 282 g/mol. The third-order valence-electron chi connectivity index (χ3n) is 2.73. The molecule has 0 amide bonds. The Hall–Kier alpha value is -0.150. The number of rotatable bonds is 1. The van der Waals surface area contributed by atoms with Crippen molar-refractivity contribution in [1.82, 2.24) is 0 Å². The summed E-state index contributed by atoms with van der Waals surface area (Å²) in [7, 11) is 0. The maximum absolute atomic E-state index is 5.85. The van der Waals surface area contributed by atoms with Crippen LogP contribution in [0.2, 0.25) is 5.02 Å². The highest BCUT2D eigenvalue weighted by molar-refractivity contribution is 6.30. The van der Waals surface area contributed by atoms with Crippen molar-refractivity contribution in [3.05, 3.63) is 29.3 Å². The zero-order chi connectivity index (χ0) is 9.97. The number of nitrogens with zero attached hydrogens (tertiary/aromatic N) is 1. The van der Waals surface area contributed by atoms with E-state index in [0.29, 0.717) is 6.04 Å².